The number of rotatable bonds is 3. The Balaban J connectivity index is 2.20. The van der Waals surface area contributed by atoms with Gasteiger partial charge in [-0.15, -0.1) is 0 Å². The van der Waals surface area contributed by atoms with Gasteiger partial charge in [-0.1, -0.05) is 24.3 Å². The molecule has 86 valence electrons. The summed E-state index contributed by atoms with van der Waals surface area (Å²) < 4.78 is 1.48. The second-order valence-electron chi connectivity index (χ2n) is 3.65. The molecule has 0 spiro atoms. The largest absolute Gasteiger partial charge is 0.488 e. The molecule has 17 heavy (non-hydrogen) atoms. The monoisotopic (exact) mass is 230 g/mol. The van der Waals surface area contributed by atoms with E-state index in [1.807, 2.05) is 0 Å². The van der Waals surface area contributed by atoms with E-state index in [1.54, 1.807) is 36.5 Å². The number of hydrogen-bond acceptors (Lipinski definition) is 4. The maximum atomic E-state index is 11.4. The molecule has 0 atom stereocenters. The van der Waals surface area contributed by atoms with E-state index < -0.39 is 7.12 Å². The van der Waals surface area contributed by atoms with Crippen LogP contribution in [-0.2, 0) is 6.54 Å². The first kappa shape index (κ1) is 11.6. The van der Waals surface area contributed by atoms with Gasteiger partial charge in [0.05, 0.1) is 6.54 Å². The quantitative estimate of drug-likeness (QED) is 0.661. The van der Waals surface area contributed by atoms with Crippen LogP contribution in [0, 0.1) is 0 Å². The summed E-state index contributed by atoms with van der Waals surface area (Å²) in [6.07, 6.45) is 3.11. The first-order valence-electron chi connectivity index (χ1n) is 5.13. The van der Waals surface area contributed by atoms with Gasteiger partial charge < -0.3 is 10.0 Å². The van der Waals surface area contributed by atoms with Gasteiger partial charge in [-0.2, -0.15) is 0 Å². The number of hydrogen-bond donors (Lipinski definition) is 2. The van der Waals surface area contributed by atoms with Crippen molar-refractivity contribution >= 4 is 12.6 Å². The third-order valence-electron chi connectivity index (χ3n) is 2.41. The maximum Gasteiger partial charge on any atom is 0.488 e. The van der Waals surface area contributed by atoms with E-state index in [0.717, 1.165) is 5.56 Å². The zero-order valence-electron chi connectivity index (χ0n) is 9.02. The van der Waals surface area contributed by atoms with Crippen molar-refractivity contribution < 1.29 is 10.0 Å². The lowest BCUT2D eigenvalue weighted by Gasteiger charge is -2.05. The van der Waals surface area contributed by atoms with Crippen molar-refractivity contribution in [1.29, 1.82) is 0 Å². The third kappa shape index (κ3) is 2.80. The van der Waals surface area contributed by atoms with Gasteiger partial charge in [0.15, 0.2) is 0 Å². The Morgan fingerprint density at radius 1 is 1.24 bits per heavy atom. The molecule has 0 fully saturated rings. The van der Waals surface area contributed by atoms with Crippen LogP contribution in [0.15, 0.2) is 47.5 Å². The van der Waals surface area contributed by atoms with E-state index in [-0.39, 0.29) is 5.69 Å². The average Bonchev–Trinajstić information content (AvgIpc) is 2.33. The van der Waals surface area contributed by atoms with Crippen molar-refractivity contribution in [3.63, 3.8) is 0 Å². The van der Waals surface area contributed by atoms with Crippen LogP contribution in [0.4, 0.5) is 0 Å². The van der Waals surface area contributed by atoms with Crippen molar-refractivity contribution in [2.45, 2.75) is 6.54 Å². The topological polar surface area (TPSA) is 75.4 Å². The van der Waals surface area contributed by atoms with Crippen molar-refractivity contribution in [1.82, 2.24) is 9.55 Å². The molecule has 2 rings (SSSR count). The van der Waals surface area contributed by atoms with E-state index in [2.05, 4.69) is 4.98 Å². The maximum absolute atomic E-state index is 11.4. The Morgan fingerprint density at radius 3 is 2.53 bits per heavy atom. The molecular formula is C11H11BN2O3. The summed E-state index contributed by atoms with van der Waals surface area (Å²) in [7, 11) is -1.47. The van der Waals surface area contributed by atoms with Crippen LogP contribution in [0.5, 0.6) is 0 Å². The lowest BCUT2D eigenvalue weighted by molar-refractivity contribution is 0.426. The van der Waals surface area contributed by atoms with Crippen LogP contribution in [0.1, 0.15) is 5.56 Å². The van der Waals surface area contributed by atoms with Crippen LogP contribution in [0.2, 0.25) is 0 Å². The molecule has 1 aromatic heterocycles. The van der Waals surface area contributed by atoms with Crippen molar-refractivity contribution in [3.05, 3.63) is 58.8 Å². The van der Waals surface area contributed by atoms with Crippen LogP contribution in [0.25, 0.3) is 0 Å². The molecule has 0 bridgehead atoms. The highest BCUT2D eigenvalue weighted by atomic mass is 16.4. The summed E-state index contributed by atoms with van der Waals surface area (Å²) in [6.45, 7) is 0.411. The minimum Gasteiger partial charge on any atom is -0.423 e. The highest BCUT2D eigenvalue weighted by Gasteiger charge is 2.09. The van der Waals surface area contributed by atoms with Crippen LogP contribution in [0.3, 0.4) is 0 Å². The Labute approximate surface area is 98.1 Å². The van der Waals surface area contributed by atoms with E-state index in [1.165, 1.54) is 10.8 Å². The Kier molecular flexibility index (Phi) is 3.36. The summed E-state index contributed by atoms with van der Waals surface area (Å²) in [5, 5.41) is 17.9. The lowest BCUT2D eigenvalue weighted by Crippen LogP contribution is -2.29. The van der Waals surface area contributed by atoms with E-state index >= 15 is 0 Å². The van der Waals surface area contributed by atoms with E-state index in [4.69, 9.17) is 10.0 Å². The van der Waals surface area contributed by atoms with Crippen LogP contribution >= 0.6 is 0 Å². The highest BCUT2D eigenvalue weighted by Crippen LogP contribution is 1.99. The van der Waals surface area contributed by atoms with Gasteiger partial charge in [0.1, 0.15) is 0 Å². The van der Waals surface area contributed by atoms with Gasteiger partial charge in [0.25, 0.3) is 0 Å². The second-order valence-corrected chi connectivity index (χ2v) is 3.65. The third-order valence-corrected chi connectivity index (χ3v) is 2.41. The van der Waals surface area contributed by atoms with E-state index in [0.29, 0.717) is 12.0 Å². The van der Waals surface area contributed by atoms with Gasteiger partial charge in [0, 0.05) is 12.4 Å². The first-order valence-corrected chi connectivity index (χ1v) is 5.13. The molecule has 1 heterocycles. The van der Waals surface area contributed by atoms with Gasteiger partial charge in [-0.25, -0.2) is 9.78 Å². The van der Waals surface area contributed by atoms with E-state index in [9.17, 15) is 4.79 Å². The van der Waals surface area contributed by atoms with Crippen LogP contribution < -0.4 is 11.2 Å². The zero-order valence-corrected chi connectivity index (χ0v) is 9.02. The summed E-state index contributed by atoms with van der Waals surface area (Å²) in [5.74, 6) is 0. The fourth-order valence-electron chi connectivity index (χ4n) is 1.50. The fraction of sp³-hybridized carbons (Fsp3) is 0.0909. The molecule has 6 heteroatoms. The SMILES string of the molecule is O=c1ncccn1Cc1ccc(B(O)O)cc1. The minimum atomic E-state index is -1.47. The molecule has 0 aliphatic carbocycles. The molecule has 0 saturated carbocycles. The Morgan fingerprint density at radius 2 is 1.94 bits per heavy atom. The van der Waals surface area contributed by atoms with Crippen LogP contribution in [-0.4, -0.2) is 26.7 Å². The molecule has 2 aromatic rings. The van der Waals surface area contributed by atoms with Crippen molar-refractivity contribution in [2.24, 2.45) is 0 Å². The Hall–Kier alpha value is -1.92. The smallest absolute Gasteiger partial charge is 0.423 e. The normalized spacial score (nSPS) is 10.2. The standard InChI is InChI=1S/C11H11BN2O3/c15-11-13-6-1-7-14(11)8-9-2-4-10(5-3-9)12(16)17/h1-7,16-17H,8H2. The molecule has 0 unspecified atom stereocenters. The van der Waals surface area contributed by atoms with Gasteiger partial charge in [-0.3, -0.25) is 4.57 Å². The number of nitrogens with zero attached hydrogens (tertiary/aromatic N) is 2. The molecule has 1 aromatic carbocycles. The molecule has 0 aliphatic rings. The zero-order chi connectivity index (χ0) is 12.3. The van der Waals surface area contributed by atoms with Crippen molar-refractivity contribution in [2.75, 3.05) is 0 Å². The molecule has 5 nitrogen and oxygen atoms in total. The summed E-state index contributed by atoms with van der Waals surface area (Å²) in [6, 6.07) is 8.40. The predicted molar refractivity (Wildman–Crippen MR) is 63.9 cm³/mol. The Bertz CT molecular complexity index is 551. The summed E-state index contributed by atoms with van der Waals surface area (Å²) >= 11 is 0. The summed E-state index contributed by atoms with van der Waals surface area (Å²) in [4.78, 5) is 15.0. The molecular weight excluding hydrogens is 219 g/mol. The van der Waals surface area contributed by atoms with Gasteiger partial charge in [-0.05, 0) is 17.1 Å². The molecule has 0 saturated heterocycles. The predicted octanol–water partition coefficient (Wildman–Crippen LogP) is -1.03. The molecule has 0 aliphatic heterocycles. The molecule has 0 amide bonds. The first-order chi connectivity index (χ1) is 8.16. The molecule has 0 radical (unpaired) electrons. The average molecular weight is 230 g/mol. The fourth-order valence-corrected chi connectivity index (χ4v) is 1.50. The number of benzene rings is 1. The minimum absolute atomic E-state index is 0.307. The van der Waals surface area contributed by atoms with Gasteiger partial charge >= 0.3 is 12.8 Å². The highest BCUT2D eigenvalue weighted by molar-refractivity contribution is 6.58. The van der Waals surface area contributed by atoms with Crippen molar-refractivity contribution in [3.8, 4) is 0 Å². The molecule has 2 N–H and O–H groups in total. The lowest BCUT2D eigenvalue weighted by atomic mass is 9.80. The number of aromatic nitrogens is 2. The second kappa shape index (κ2) is 4.94. The summed E-state index contributed by atoms with van der Waals surface area (Å²) in [5.41, 5.74) is 1.01. The van der Waals surface area contributed by atoms with Gasteiger partial charge in [0.2, 0.25) is 0 Å².